The molecular formula is C20H20N2O3. The van der Waals surface area contributed by atoms with Crippen LogP contribution in [0.2, 0.25) is 0 Å². The highest BCUT2D eigenvalue weighted by Crippen LogP contribution is 2.24. The van der Waals surface area contributed by atoms with Gasteiger partial charge >= 0.3 is 0 Å². The minimum atomic E-state index is -0.202. The zero-order valence-electron chi connectivity index (χ0n) is 14.3. The topological polar surface area (TPSA) is 72.2 Å². The number of rotatable bonds is 6. The highest BCUT2D eigenvalue weighted by Gasteiger charge is 2.12. The number of carbonyl (C=O) groups excluding carboxylic acids is 2. The number of fused-ring (bicyclic) bond motifs is 1. The first-order chi connectivity index (χ1) is 12.0. The van der Waals surface area contributed by atoms with E-state index in [4.69, 9.17) is 4.42 Å². The molecule has 5 heteroatoms. The van der Waals surface area contributed by atoms with E-state index in [0.29, 0.717) is 22.7 Å². The first kappa shape index (κ1) is 16.9. The maximum absolute atomic E-state index is 12.1. The summed E-state index contributed by atoms with van der Waals surface area (Å²) in [4.78, 5) is 28.5. The molecule has 25 heavy (non-hydrogen) atoms. The molecule has 3 aromatic rings. The van der Waals surface area contributed by atoms with Crippen molar-refractivity contribution in [2.45, 2.75) is 32.6 Å². The maximum Gasteiger partial charge on any atom is 0.224 e. The molecule has 1 heterocycles. The van der Waals surface area contributed by atoms with Crippen LogP contribution in [0.4, 0.5) is 5.69 Å². The number of anilines is 1. The number of aromatic nitrogens is 1. The monoisotopic (exact) mass is 336 g/mol. The predicted molar refractivity (Wildman–Crippen MR) is 96.7 cm³/mol. The Balaban J connectivity index is 1.61. The molecule has 0 spiro atoms. The van der Waals surface area contributed by atoms with Crippen LogP contribution < -0.4 is 5.32 Å². The molecule has 1 aromatic heterocycles. The van der Waals surface area contributed by atoms with Gasteiger partial charge in [0.1, 0.15) is 5.52 Å². The Labute approximate surface area is 146 Å². The van der Waals surface area contributed by atoms with Crippen LogP contribution in [-0.4, -0.2) is 16.7 Å². The second kappa shape index (κ2) is 7.30. The molecule has 0 aliphatic rings. The predicted octanol–water partition coefficient (Wildman–Crippen LogP) is 4.55. The third kappa shape index (κ3) is 4.12. The Hall–Kier alpha value is -2.95. The molecule has 0 aliphatic carbocycles. The van der Waals surface area contributed by atoms with Gasteiger partial charge in [-0.2, -0.15) is 0 Å². The Morgan fingerprint density at radius 3 is 2.56 bits per heavy atom. The molecule has 3 rings (SSSR count). The Bertz CT molecular complexity index is 898. The van der Waals surface area contributed by atoms with Gasteiger partial charge in [0.25, 0.3) is 0 Å². The Morgan fingerprint density at radius 2 is 1.84 bits per heavy atom. The summed E-state index contributed by atoms with van der Waals surface area (Å²) in [6.07, 6.45) is 0.317. The lowest BCUT2D eigenvalue weighted by molar-refractivity contribution is -0.116. The van der Waals surface area contributed by atoms with E-state index in [-0.39, 0.29) is 30.4 Å². The molecule has 0 fully saturated rings. The van der Waals surface area contributed by atoms with Gasteiger partial charge in [-0.25, -0.2) is 4.98 Å². The van der Waals surface area contributed by atoms with E-state index >= 15 is 0 Å². The van der Waals surface area contributed by atoms with Crippen molar-refractivity contribution in [3.05, 3.63) is 60.0 Å². The molecule has 0 saturated heterocycles. The van der Waals surface area contributed by atoms with Gasteiger partial charge < -0.3 is 9.73 Å². The molecular weight excluding hydrogens is 316 g/mol. The van der Waals surface area contributed by atoms with E-state index in [0.717, 1.165) is 5.52 Å². The quantitative estimate of drug-likeness (QED) is 0.670. The van der Waals surface area contributed by atoms with Crippen molar-refractivity contribution < 1.29 is 14.0 Å². The van der Waals surface area contributed by atoms with E-state index in [1.54, 1.807) is 24.3 Å². The van der Waals surface area contributed by atoms with E-state index in [2.05, 4.69) is 10.3 Å². The zero-order chi connectivity index (χ0) is 17.8. The third-order valence-corrected chi connectivity index (χ3v) is 3.86. The minimum absolute atomic E-state index is 0.0389. The van der Waals surface area contributed by atoms with Gasteiger partial charge in [0, 0.05) is 36.1 Å². The maximum atomic E-state index is 12.1. The molecule has 1 N–H and O–H groups in total. The lowest BCUT2D eigenvalue weighted by Crippen LogP contribution is -2.13. The van der Waals surface area contributed by atoms with Gasteiger partial charge in [-0.15, -0.1) is 0 Å². The van der Waals surface area contributed by atoms with Gasteiger partial charge in [-0.05, 0) is 12.1 Å². The number of carbonyl (C=O) groups is 2. The summed E-state index contributed by atoms with van der Waals surface area (Å²) in [5, 5.41) is 2.80. The highest BCUT2D eigenvalue weighted by atomic mass is 16.3. The van der Waals surface area contributed by atoms with Crippen LogP contribution in [0.1, 0.15) is 48.9 Å². The SMILES string of the molecule is CC(C)c1nc2ccc(NC(=O)CCC(=O)c3ccccc3)cc2o1. The van der Waals surface area contributed by atoms with Gasteiger partial charge in [0.15, 0.2) is 17.3 Å². The summed E-state index contributed by atoms with van der Waals surface area (Å²) in [5.74, 6) is 0.636. The van der Waals surface area contributed by atoms with Crippen LogP contribution in [0.5, 0.6) is 0 Å². The Morgan fingerprint density at radius 1 is 1.08 bits per heavy atom. The van der Waals surface area contributed by atoms with Crippen LogP contribution in [0.3, 0.4) is 0 Å². The van der Waals surface area contributed by atoms with E-state index in [1.807, 2.05) is 38.1 Å². The third-order valence-electron chi connectivity index (χ3n) is 3.86. The van der Waals surface area contributed by atoms with Gasteiger partial charge in [0.2, 0.25) is 5.91 Å². The molecule has 2 aromatic carbocycles. The van der Waals surface area contributed by atoms with Crippen LogP contribution in [0.25, 0.3) is 11.1 Å². The number of amides is 1. The fraction of sp³-hybridized carbons (Fsp3) is 0.250. The van der Waals surface area contributed by atoms with Crippen LogP contribution in [0, 0.1) is 0 Å². The molecule has 5 nitrogen and oxygen atoms in total. The number of nitrogens with one attached hydrogen (secondary N) is 1. The van der Waals surface area contributed by atoms with Crippen LogP contribution in [-0.2, 0) is 4.79 Å². The highest BCUT2D eigenvalue weighted by molar-refractivity contribution is 6.00. The second-order valence-electron chi connectivity index (χ2n) is 6.23. The number of ketones is 1. The van der Waals surface area contributed by atoms with Crippen molar-refractivity contribution in [1.29, 1.82) is 0 Å². The van der Waals surface area contributed by atoms with E-state index in [9.17, 15) is 9.59 Å². The molecule has 128 valence electrons. The van der Waals surface area contributed by atoms with Gasteiger partial charge in [-0.3, -0.25) is 9.59 Å². The molecule has 0 aliphatic heterocycles. The molecule has 1 amide bonds. The average Bonchev–Trinajstić information content (AvgIpc) is 3.04. The summed E-state index contributed by atoms with van der Waals surface area (Å²) < 4.78 is 5.69. The largest absolute Gasteiger partial charge is 0.440 e. The normalized spacial score (nSPS) is 11.0. The summed E-state index contributed by atoms with van der Waals surface area (Å²) in [7, 11) is 0. The van der Waals surface area contributed by atoms with Crippen molar-refractivity contribution in [3.63, 3.8) is 0 Å². The first-order valence-corrected chi connectivity index (χ1v) is 8.31. The summed E-state index contributed by atoms with van der Waals surface area (Å²) in [6, 6.07) is 14.3. The zero-order valence-corrected chi connectivity index (χ0v) is 14.3. The average molecular weight is 336 g/mol. The molecule has 0 unspecified atom stereocenters. The van der Waals surface area contributed by atoms with Crippen molar-refractivity contribution in [1.82, 2.24) is 4.98 Å². The van der Waals surface area contributed by atoms with E-state index < -0.39 is 0 Å². The van der Waals surface area contributed by atoms with Gasteiger partial charge in [-0.1, -0.05) is 44.2 Å². The first-order valence-electron chi connectivity index (χ1n) is 8.31. The smallest absolute Gasteiger partial charge is 0.224 e. The van der Waals surface area contributed by atoms with Crippen LogP contribution >= 0.6 is 0 Å². The standard InChI is InChI=1S/C20H20N2O3/c1-13(2)20-22-16-9-8-15(12-18(16)25-20)21-19(24)11-10-17(23)14-6-4-3-5-7-14/h3-9,12-13H,10-11H2,1-2H3,(H,21,24). The number of Topliss-reactive ketones (excluding diaryl/α,β-unsaturated/α-hetero) is 1. The summed E-state index contributed by atoms with van der Waals surface area (Å²) in [5.41, 5.74) is 2.67. The fourth-order valence-electron chi connectivity index (χ4n) is 2.49. The van der Waals surface area contributed by atoms with E-state index in [1.165, 1.54) is 0 Å². The number of hydrogen-bond acceptors (Lipinski definition) is 4. The number of nitrogens with zero attached hydrogens (tertiary/aromatic N) is 1. The second-order valence-corrected chi connectivity index (χ2v) is 6.23. The van der Waals surface area contributed by atoms with Crippen LogP contribution in [0.15, 0.2) is 52.9 Å². The fourth-order valence-corrected chi connectivity index (χ4v) is 2.49. The lowest BCUT2D eigenvalue weighted by atomic mass is 10.1. The number of hydrogen-bond donors (Lipinski definition) is 1. The molecule has 0 saturated carbocycles. The van der Waals surface area contributed by atoms with Crippen molar-refractivity contribution in [2.24, 2.45) is 0 Å². The van der Waals surface area contributed by atoms with Crippen molar-refractivity contribution in [3.8, 4) is 0 Å². The minimum Gasteiger partial charge on any atom is -0.440 e. The summed E-state index contributed by atoms with van der Waals surface area (Å²) >= 11 is 0. The van der Waals surface area contributed by atoms with Gasteiger partial charge in [0.05, 0.1) is 0 Å². The number of benzene rings is 2. The van der Waals surface area contributed by atoms with Crippen molar-refractivity contribution in [2.75, 3.05) is 5.32 Å². The summed E-state index contributed by atoms with van der Waals surface area (Å²) in [6.45, 7) is 4.02. The molecule has 0 atom stereocenters. The molecule has 0 radical (unpaired) electrons. The van der Waals surface area contributed by atoms with Crippen molar-refractivity contribution >= 4 is 28.5 Å². The molecule has 0 bridgehead atoms. The number of oxazole rings is 1. The lowest BCUT2D eigenvalue weighted by Gasteiger charge is -2.05. The Kier molecular flexibility index (Phi) is 4.93.